The summed E-state index contributed by atoms with van der Waals surface area (Å²) in [4.78, 5) is 13.4. The Morgan fingerprint density at radius 1 is 0.925 bits per heavy atom. The quantitative estimate of drug-likeness (QED) is 0.252. The van der Waals surface area contributed by atoms with Gasteiger partial charge in [0.2, 0.25) is 0 Å². The van der Waals surface area contributed by atoms with Crippen LogP contribution < -0.4 is 0 Å². The molecule has 4 aromatic heterocycles. The largest absolute Gasteiger partial charge is 0.299 e. The molecule has 6 aromatic rings. The highest BCUT2D eigenvalue weighted by molar-refractivity contribution is 7.13. The zero-order chi connectivity index (χ0) is 26.9. The van der Waals surface area contributed by atoms with Gasteiger partial charge < -0.3 is 0 Å². The molecule has 0 unspecified atom stereocenters. The van der Waals surface area contributed by atoms with Gasteiger partial charge in [0.1, 0.15) is 11.5 Å². The zero-order valence-corrected chi connectivity index (χ0v) is 22.7. The van der Waals surface area contributed by atoms with Crippen molar-refractivity contribution < 1.29 is 0 Å². The molecule has 1 saturated heterocycles. The number of nitrogens with zero attached hydrogens (tertiary/aromatic N) is 6. The molecular formula is C32H27N7S. The summed E-state index contributed by atoms with van der Waals surface area (Å²) in [6.07, 6.45) is 4.08. The molecule has 7 nitrogen and oxygen atoms in total. The van der Waals surface area contributed by atoms with Crippen LogP contribution in [-0.4, -0.2) is 42.6 Å². The molecule has 8 heteroatoms. The van der Waals surface area contributed by atoms with Crippen molar-refractivity contribution in [2.45, 2.75) is 25.3 Å². The number of thiophene rings is 1. The maximum Gasteiger partial charge on any atom is 0.191 e. The monoisotopic (exact) mass is 541 g/mol. The van der Waals surface area contributed by atoms with Crippen LogP contribution >= 0.6 is 11.3 Å². The number of aromatic amines is 1. The number of nitrogens with one attached hydrogen (secondary N) is 1. The zero-order valence-electron chi connectivity index (χ0n) is 21.9. The molecule has 0 bridgehead atoms. The summed E-state index contributed by atoms with van der Waals surface area (Å²) in [5.74, 6) is 2.24. The minimum Gasteiger partial charge on any atom is -0.299 e. The van der Waals surface area contributed by atoms with Crippen LogP contribution in [0.2, 0.25) is 0 Å². The van der Waals surface area contributed by atoms with Crippen LogP contribution in [0, 0.1) is 11.3 Å². The van der Waals surface area contributed by atoms with Gasteiger partial charge in [-0.3, -0.25) is 14.4 Å². The lowest BCUT2D eigenvalue weighted by atomic mass is 9.95. The summed E-state index contributed by atoms with van der Waals surface area (Å²) in [6, 6.07) is 29.1. The molecule has 0 radical (unpaired) electrons. The molecule has 1 aliphatic rings. The molecule has 7 rings (SSSR count). The number of H-pyrrole nitrogens is 1. The highest BCUT2D eigenvalue weighted by Crippen LogP contribution is 2.34. The Kier molecular flexibility index (Phi) is 6.44. The van der Waals surface area contributed by atoms with E-state index in [2.05, 4.69) is 73.4 Å². The molecule has 2 aromatic carbocycles. The second kappa shape index (κ2) is 10.5. The van der Waals surface area contributed by atoms with Gasteiger partial charge in [-0.2, -0.15) is 10.4 Å². The van der Waals surface area contributed by atoms with Crippen LogP contribution in [0.15, 0.2) is 90.4 Å². The van der Waals surface area contributed by atoms with Crippen molar-refractivity contribution in [1.82, 2.24) is 29.5 Å². The Morgan fingerprint density at radius 2 is 1.75 bits per heavy atom. The summed E-state index contributed by atoms with van der Waals surface area (Å²) in [6.45, 7) is 2.99. The van der Waals surface area contributed by atoms with E-state index in [9.17, 15) is 5.26 Å². The predicted octanol–water partition coefficient (Wildman–Crippen LogP) is 6.77. The van der Waals surface area contributed by atoms with Crippen molar-refractivity contribution >= 4 is 17.0 Å². The van der Waals surface area contributed by atoms with Crippen LogP contribution in [0.1, 0.15) is 35.7 Å². The van der Waals surface area contributed by atoms with Crippen LogP contribution in [0.4, 0.5) is 0 Å². The number of hydrogen-bond acceptors (Lipinski definition) is 6. The summed E-state index contributed by atoms with van der Waals surface area (Å²) in [5, 5.41) is 19.1. The van der Waals surface area contributed by atoms with Crippen molar-refractivity contribution in [2.75, 3.05) is 13.1 Å². The highest BCUT2D eigenvalue weighted by atomic mass is 32.1. The molecule has 1 fully saturated rings. The molecular weight excluding hydrogens is 514 g/mol. The number of piperidine rings is 1. The van der Waals surface area contributed by atoms with Gasteiger partial charge in [0.25, 0.3) is 0 Å². The van der Waals surface area contributed by atoms with Crippen molar-refractivity contribution in [1.29, 1.82) is 5.26 Å². The van der Waals surface area contributed by atoms with Crippen LogP contribution in [0.5, 0.6) is 0 Å². The van der Waals surface area contributed by atoms with Crippen LogP contribution in [-0.2, 0) is 6.54 Å². The third-order valence-electron chi connectivity index (χ3n) is 7.65. The number of fused-ring (bicyclic) bond motifs is 1. The normalized spacial score (nSPS) is 14.5. The fraction of sp³-hybridized carbons (Fsp3) is 0.188. The lowest BCUT2D eigenvalue weighted by Gasteiger charge is -2.30. The van der Waals surface area contributed by atoms with Gasteiger partial charge in [-0.1, -0.05) is 60.7 Å². The third-order valence-corrected chi connectivity index (χ3v) is 8.52. The molecule has 5 heterocycles. The van der Waals surface area contributed by atoms with Gasteiger partial charge in [-0.25, -0.2) is 9.97 Å². The molecule has 0 amide bonds. The van der Waals surface area contributed by atoms with E-state index in [1.807, 2.05) is 42.6 Å². The van der Waals surface area contributed by atoms with Gasteiger partial charge in [0, 0.05) is 29.8 Å². The smallest absolute Gasteiger partial charge is 0.191 e. The first-order valence-electron chi connectivity index (χ1n) is 13.5. The number of aromatic nitrogens is 5. The minimum atomic E-state index is 0.424. The maximum atomic E-state index is 9.38. The minimum absolute atomic E-state index is 0.424. The lowest BCUT2D eigenvalue weighted by molar-refractivity contribution is 0.202. The Morgan fingerprint density at radius 3 is 2.50 bits per heavy atom. The summed E-state index contributed by atoms with van der Waals surface area (Å²) in [5.41, 5.74) is 6.78. The van der Waals surface area contributed by atoms with E-state index in [4.69, 9.17) is 9.97 Å². The number of likely N-dealkylation sites (tertiary alicyclic amines) is 1. The topological polar surface area (TPSA) is 85.9 Å². The number of hydrogen-bond donors (Lipinski definition) is 1. The van der Waals surface area contributed by atoms with Gasteiger partial charge >= 0.3 is 0 Å². The van der Waals surface area contributed by atoms with Crippen LogP contribution in [0.25, 0.3) is 38.9 Å². The third kappa shape index (κ3) is 4.70. The van der Waals surface area contributed by atoms with Crippen molar-refractivity contribution in [3.63, 3.8) is 0 Å². The van der Waals surface area contributed by atoms with Gasteiger partial charge in [-0.05, 0) is 55.1 Å². The van der Waals surface area contributed by atoms with E-state index in [0.717, 1.165) is 77.2 Å². The Bertz CT molecular complexity index is 1790. The Labute approximate surface area is 236 Å². The molecule has 0 spiro atoms. The maximum absolute atomic E-state index is 9.38. The molecule has 1 N–H and O–H groups in total. The molecule has 0 aliphatic carbocycles. The van der Waals surface area contributed by atoms with Crippen molar-refractivity contribution in [3.05, 3.63) is 107 Å². The predicted molar refractivity (Wildman–Crippen MR) is 158 cm³/mol. The molecule has 0 atom stereocenters. The first-order chi connectivity index (χ1) is 19.7. The van der Waals surface area contributed by atoms with E-state index in [1.165, 1.54) is 5.56 Å². The second-order valence-corrected chi connectivity index (χ2v) is 11.1. The number of imidazole rings is 1. The van der Waals surface area contributed by atoms with E-state index < -0.39 is 0 Å². The lowest BCUT2D eigenvalue weighted by Crippen LogP contribution is -2.32. The second-order valence-electron chi connectivity index (χ2n) is 10.2. The Balaban J connectivity index is 1.07. The van der Waals surface area contributed by atoms with Gasteiger partial charge in [0.15, 0.2) is 5.82 Å². The number of nitriles is 1. The highest BCUT2D eigenvalue weighted by Gasteiger charge is 2.24. The summed E-state index contributed by atoms with van der Waals surface area (Å²) in [7, 11) is 0. The van der Waals surface area contributed by atoms with E-state index >= 15 is 0 Å². The van der Waals surface area contributed by atoms with E-state index in [-0.39, 0.29) is 0 Å². The number of rotatable bonds is 6. The number of pyridine rings is 1. The van der Waals surface area contributed by atoms with E-state index in [1.54, 1.807) is 11.3 Å². The van der Waals surface area contributed by atoms with Gasteiger partial charge in [0.05, 0.1) is 27.9 Å². The first-order valence-corrected chi connectivity index (χ1v) is 14.4. The Hall–Kier alpha value is -4.58. The molecule has 40 heavy (non-hydrogen) atoms. The molecule has 1 aliphatic heterocycles. The van der Waals surface area contributed by atoms with Crippen LogP contribution in [0.3, 0.4) is 0 Å². The molecule has 196 valence electrons. The fourth-order valence-electron chi connectivity index (χ4n) is 5.55. The van der Waals surface area contributed by atoms with Crippen molar-refractivity contribution in [2.24, 2.45) is 0 Å². The average molecular weight is 542 g/mol. The number of benzene rings is 2. The van der Waals surface area contributed by atoms with E-state index in [0.29, 0.717) is 11.5 Å². The fourth-order valence-corrected chi connectivity index (χ4v) is 6.21. The summed E-state index contributed by atoms with van der Waals surface area (Å²) >= 11 is 1.67. The average Bonchev–Trinajstić information content (AvgIpc) is 3.78. The molecule has 0 saturated carbocycles. The SMILES string of the molecule is N#Cc1ccn2c(-c3ccccc3)c(-c3ccc(CN4CCC(c5nc(-c6cccs6)n[nH]5)CC4)cc3)nc2c1. The van der Waals surface area contributed by atoms with Gasteiger partial charge in [-0.15, -0.1) is 11.3 Å². The summed E-state index contributed by atoms with van der Waals surface area (Å²) < 4.78 is 2.07. The first kappa shape index (κ1) is 24.5. The standard InChI is InChI=1S/C32H27N7S/c33-20-23-12-17-39-28(19-23)34-29(30(39)25-5-2-1-3-6-25)24-10-8-22(9-11-24)21-38-15-13-26(14-16-38)31-35-32(37-36-31)27-7-4-18-40-27/h1-12,17-19,26H,13-16,21H2,(H,35,36,37). The van der Waals surface area contributed by atoms with Crippen molar-refractivity contribution in [3.8, 4) is 39.3 Å².